The number of amides is 1. The number of rotatable bonds is 5. The second-order valence-electron chi connectivity index (χ2n) is 9.86. The molecule has 2 atom stereocenters. The number of hydrogen-bond donors (Lipinski definition) is 1. The van der Waals surface area contributed by atoms with E-state index in [4.69, 9.17) is 9.72 Å². The van der Waals surface area contributed by atoms with E-state index in [0.29, 0.717) is 42.5 Å². The van der Waals surface area contributed by atoms with Gasteiger partial charge in [0.15, 0.2) is 5.65 Å². The second-order valence-corrected chi connectivity index (χ2v) is 11.8. The molecule has 12 heteroatoms. The Morgan fingerprint density at radius 3 is 2.73 bits per heavy atom. The number of aryl methyl sites for hydroxylation is 1. The summed E-state index contributed by atoms with van der Waals surface area (Å²) in [4.78, 5) is 24.5. The van der Waals surface area contributed by atoms with Crippen LogP contribution in [0.4, 0.5) is 5.95 Å². The molecule has 37 heavy (non-hydrogen) atoms. The monoisotopic (exact) mass is 582 g/mol. The molecular weight excluding hydrogens is 556 g/mol. The Kier molecular flexibility index (Phi) is 6.41. The number of ether oxygens (including phenoxy) is 1. The number of carbonyl (C=O) groups is 1. The van der Waals surface area contributed by atoms with E-state index < -0.39 is 0 Å². The van der Waals surface area contributed by atoms with Gasteiger partial charge in [0.2, 0.25) is 11.9 Å². The number of benzene rings is 1. The van der Waals surface area contributed by atoms with E-state index in [1.165, 1.54) is 0 Å². The highest BCUT2D eigenvalue weighted by atomic mass is 79.9. The molecule has 0 spiro atoms. The predicted molar refractivity (Wildman–Crippen MR) is 145 cm³/mol. The van der Waals surface area contributed by atoms with Crippen molar-refractivity contribution in [1.29, 1.82) is 0 Å². The van der Waals surface area contributed by atoms with Crippen molar-refractivity contribution in [2.45, 2.75) is 39.2 Å². The molecule has 1 N–H and O–H groups in total. The van der Waals surface area contributed by atoms with Gasteiger partial charge in [-0.2, -0.15) is 10.1 Å². The molecule has 192 valence electrons. The molecular formula is C25H27BrN8O2S. The molecule has 0 bridgehead atoms. The molecule has 1 amide bonds. The van der Waals surface area contributed by atoms with Crippen LogP contribution in [0.25, 0.3) is 27.3 Å². The molecule has 0 radical (unpaired) electrons. The van der Waals surface area contributed by atoms with E-state index in [9.17, 15) is 4.79 Å². The first-order valence-electron chi connectivity index (χ1n) is 12.4. The molecule has 1 saturated carbocycles. The number of aromatic nitrogens is 6. The highest BCUT2D eigenvalue weighted by Gasteiger charge is 2.43. The quantitative estimate of drug-likeness (QED) is 0.372. The Morgan fingerprint density at radius 1 is 1.22 bits per heavy atom. The molecule has 4 aromatic rings. The number of anilines is 1. The summed E-state index contributed by atoms with van der Waals surface area (Å²) in [5.74, 6) is 0.765. The van der Waals surface area contributed by atoms with E-state index in [1.54, 1.807) is 17.5 Å². The SMILES string of the molecule is Cc1nnc(-c2ccc(-n3nc(Br)c4cnc(N[C@@H]5CC[C@@](C)(C(=O)N6CCOCC6)C5)nc43)cc2)s1. The fourth-order valence-corrected chi connectivity index (χ4v) is 6.30. The Bertz CT molecular complexity index is 1450. The summed E-state index contributed by atoms with van der Waals surface area (Å²) >= 11 is 5.12. The van der Waals surface area contributed by atoms with Crippen LogP contribution in [0.5, 0.6) is 0 Å². The van der Waals surface area contributed by atoms with Gasteiger partial charge in [0.25, 0.3) is 0 Å². The smallest absolute Gasteiger partial charge is 0.228 e. The molecule has 2 fully saturated rings. The van der Waals surface area contributed by atoms with E-state index in [0.717, 1.165) is 45.9 Å². The number of nitrogens with zero attached hydrogens (tertiary/aromatic N) is 7. The molecule has 1 aromatic carbocycles. The second kappa shape index (κ2) is 9.73. The maximum absolute atomic E-state index is 13.2. The van der Waals surface area contributed by atoms with Crippen LogP contribution >= 0.6 is 27.3 Å². The van der Waals surface area contributed by atoms with Gasteiger partial charge in [-0.3, -0.25) is 4.79 Å². The maximum Gasteiger partial charge on any atom is 0.228 e. The zero-order chi connectivity index (χ0) is 25.6. The fraction of sp³-hybridized carbons (Fsp3) is 0.440. The Hall–Kier alpha value is -2.96. The largest absolute Gasteiger partial charge is 0.378 e. The molecule has 1 aliphatic heterocycles. The predicted octanol–water partition coefficient (Wildman–Crippen LogP) is 4.23. The van der Waals surface area contributed by atoms with Gasteiger partial charge in [-0.15, -0.1) is 10.2 Å². The number of fused-ring (bicyclic) bond motifs is 1. The molecule has 3 aromatic heterocycles. The van der Waals surface area contributed by atoms with Crippen molar-refractivity contribution in [2.24, 2.45) is 5.41 Å². The van der Waals surface area contributed by atoms with Crippen molar-refractivity contribution in [1.82, 2.24) is 34.8 Å². The van der Waals surface area contributed by atoms with Gasteiger partial charge in [0, 0.05) is 36.3 Å². The fourth-order valence-electron chi connectivity index (χ4n) is 5.17. The van der Waals surface area contributed by atoms with Crippen molar-refractivity contribution in [3.8, 4) is 16.3 Å². The highest BCUT2D eigenvalue weighted by molar-refractivity contribution is 9.10. The van der Waals surface area contributed by atoms with Crippen LogP contribution in [-0.4, -0.2) is 73.1 Å². The lowest BCUT2D eigenvalue weighted by molar-refractivity contribution is -0.145. The van der Waals surface area contributed by atoms with Crippen LogP contribution in [0.3, 0.4) is 0 Å². The van der Waals surface area contributed by atoms with E-state index in [2.05, 4.69) is 48.5 Å². The molecule has 10 nitrogen and oxygen atoms in total. The van der Waals surface area contributed by atoms with Crippen molar-refractivity contribution < 1.29 is 9.53 Å². The van der Waals surface area contributed by atoms with E-state index in [-0.39, 0.29) is 17.4 Å². The molecule has 1 aliphatic carbocycles. The first kappa shape index (κ1) is 24.4. The molecule has 0 unspecified atom stereocenters. The lowest BCUT2D eigenvalue weighted by Crippen LogP contribution is -2.47. The Morgan fingerprint density at radius 2 is 2.00 bits per heavy atom. The standard InChI is InChI=1S/C25H27BrN8O2S/c1-15-30-31-22(37-15)16-3-5-18(6-4-16)34-21-19(20(26)32-34)14-27-24(29-21)28-17-7-8-25(2,13-17)23(35)33-9-11-36-12-10-33/h3-6,14,17H,7-13H2,1-2H3,(H,27,28,29)/t17-,25-/m1/s1. The Labute approximate surface area is 226 Å². The van der Waals surface area contributed by atoms with Gasteiger partial charge in [-0.25, -0.2) is 9.67 Å². The minimum absolute atomic E-state index is 0.127. The van der Waals surface area contributed by atoms with Gasteiger partial charge in [0.1, 0.15) is 14.6 Å². The van der Waals surface area contributed by atoms with Crippen molar-refractivity contribution in [3.63, 3.8) is 0 Å². The average Bonchev–Trinajstić information content (AvgIpc) is 3.62. The molecule has 4 heterocycles. The number of halogens is 1. The average molecular weight is 584 g/mol. The molecule has 2 aliphatic rings. The minimum Gasteiger partial charge on any atom is -0.378 e. The number of morpholine rings is 1. The third-order valence-electron chi connectivity index (χ3n) is 7.15. The minimum atomic E-state index is -0.378. The summed E-state index contributed by atoms with van der Waals surface area (Å²) in [7, 11) is 0. The number of carbonyl (C=O) groups excluding carboxylic acids is 1. The zero-order valence-corrected chi connectivity index (χ0v) is 23.0. The van der Waals surface area contributed by atoms with Gasteiger partial charge in [-0.05, 0) is 66.4 Å². The topological polar surface area (TPSA) is 111 Å². The normalized spacial score (nSPS) is 22.0. The van der Waals surface area contributed by atoms with Gasteiger partial charge in [0.05, 0.1) is 24.3 Å². The first-order valence-corrected chi connectivity index (χ1v) is 14.0. The van der Waals surface area contributed by atoms with Crippen LogP contribution in [0.1, 0.15) is 31.2 Å². The summed E-state index contributed by atoms with van der Waals surface area (Å²) in [6.07, 6.45) is 4.26. The van der Waals surface area contributed by atoms with Gasteiger partial charge < -0.3 is 15.0 Å². The summed E-state index contributed by atoms with van der Waals surface area (Å²) in [6, 6.07) is 8.16. The summed E-state index contributed by atoms with van der Waals surface area (Å²) < 4.78 is 7.90. The lowest BCUT2D eigenvalue weighted by atomic mass is 9.86. The maximum atomic E-state index is 13.2. The summed E-state index contributed by atoms with van der Waals surface area (Å²) in [5.41, 5.74) is 2.22. The van der Waals surface area contributed by atoms with Crippen LogP contribution in [-0.2, 0) is 9.53 Å². The first-order chi connectivity index (χ1) is 17.9. The number of hydrogen-bond acceptors (Lipinski definition) is 9. The van der Waals surface area contributed by atoms with Crippen molar-refractivity contribution in [3.05, 3.63) is 40.1 Å². The summed E-state index contributed by atoms with van der Waals surface area (Å²) in [5, 5.41) is 19.1. The number of nitrogens with one attached hydrogen (secondary N) is 1. The molecule has 6 rings (SSSR count). The van der Waals surface area contributed by atoms with Crippen molar-refractivity contribution in [2.75, 3.05) is 31.6 Å². The van der Waals surface area contributed by atoms with Crippen LogP contribution < -0.4 is 5.32 Å². The summed E-state index contributed by atoms with van der Waals surface area (Å²) in [6.45, 7) is 6.60. The Balaban J connectivity index is 1.21. The van der Waals surface area contributed by atoms with Crippen LogP contribution in [0.2, 0.25) is 0 Å². The van der Waals surface area contributed by atoms with E-state index >= 15 is 0 Å². The van der Waals surface area contributed by atoms with Crippen LogP contribution in [0.15, 0.2) is 35.1 Å². The zero-order valence-electron chi connectivity index (χ0n) is 20.6. The molecule has 1 saturated heterocycles. The van der Waals surface area contributed by atoms with Gasteiger partial charge >= 0.3 is 0 Å². The third-order valence-corrected chi connectivity index (χ3v) is 8.63. The van der Waals surface area contributed by atoms with Crippen LogP contribution in [0, 0.1) is 12.3 Å². The lowest BCUT2D eigenvalue weighted by Gasteiger charge is -2.34. The van der Waals surface area contributed by atoms with Gasteiger partial charge in [-0.1, -0.05) is 18.3 Å². The third kappa shape index (κ3) is 4.73. The van der Waals surface area contributed by atoms with E-state index in [1.807, 2.05) is 40.8 Å². The highest BCUT2D eigenvalue weighted by Crippen LogP contribution is 2.40. The van der Waals surface area contributed by atoms with Crippen molar-refractivity contribution >= 4 is 50.2 Å².